The Morgan fingerprint density at radius 2 is 1.88 bits per heavy atom. The summed E-state index contributed by atoms with van der Waals surface area (Å²) in [6.45, 7) is 15.9. The average molecular weight is 435 g/mol. The van der Waals surface area contributed by atoms with E-state index in [4.69, 9.17) is 4.74 Å². The third-order valence-corrected chi connectivity index (χ3v) is 7.07. The fraction of sp³-hybridized carbons (Fsp3) is 0.536. The number of fused-ring (bicyclic) bond motifs is 1. The van der Waals surface area contributed by atoms with Crippen LogP contribution in [0.5, 0.6) is 0 Å². The fourth-order valence-corrected chi connectivity index (χ4v) is 4.84. The lowest BCUT2D eigenvalue weighted by molar-refractivity contribution is 0.0526. The van der Waals surface area contributed by atoms with Crippen molar-refractivity contribution in [1.82, 2.24) is 0 Å². The molecule has 2 aliphatic rings. The second-order valence-electron chi connectivity index (χ2n) is 10.4. The lowest BCUT2D eigenvalue weighted by Crippen LogP contribution is -2.41. The van der Waals surface area contributed by atoms with Crippen LogP contribution < -0.4 is 9.80 Å². The second kappa shape index (κ2) is 8.80. The minimum absolute atomic E-state index is 0.155. The van der Waals surface area contributed by atoms with Gasteiger partial charge in [-0.3, -0.25) is 0 Å². The smallest absolute Gasteiger partial charge is 0.338 e. The first-order valence-electron chi connectivity index (χ1n) is 12.2. The Labute approximate surface area is 193 Å². The van der Waals surface area contributed by atoms with Crippen LogP contribution in [0.2, 0.25) is 0 Å². The molecule has 0 radical (unpaired) electrons. The van der Waals surface area contributed by atoms with E-state index < -0.39 is 0 Å². The van der Waals surface area contributed by atoms with Crippen molar-refractivity contribution in [1.29, 1.82) is 0 Å². The number of anilines is 3. The molecule has 2 aromatic carbocycles. The van der Waals surface area contributed by atoms with Crippen LogP contribution in [0.4, 0.5) is 17.1 Å². The molecule has 2 aromatic rings. The Hall–Kier alpha value is -2.49. The van der Waals surface area contributed by atoms with Crippen molar-refractivity contribution in [2.24, 2.45) is 5.92 Å². The van der Waals surface area contributed by atoms with Gasteiger partial charge in [-0.1, -0.05) is 13.8 Å². The summed E-state index contributed by atoms with van der Waals surface area (Å²) in [5.74, 6) is 0.489. The van der Waals surface area contributed by atoms with E-state index in [-0.39, 0.29) is 11.4 Å². The number of hydrogen-bond donors (Lipinski definition) is 0. The number of benzene rings is 2. The highest BCUT2D eigenvalue weighted by Gasteiger charge is 2.34. The molecule has 4 rings (SSSR count). The summed E-state index contributed by atoms with van der Waals surface area (Å²) in [5.41, 5.74) is 7.34. The van der Waals surface area contributed by atoms with Gasteiger partial charge in [0, 0.05) is 36.2 Å². The molecule has 32 heavy (non-hydrogen) atoms. The highest BCUT2D eigenvalue weighted by atomic mass is 16.5. The van der Waals surface area contributed by atoms with Gasteiger partial charge in [-0.15, -0.1) is 0 Å². The number of esters is 1. The van der Waals surface area contributed by atoms with Gasteiger partial charge in [0.15, 0.2) is 0 Å². The molecule has 1 heterocycles. The molecular formula is C28H38N2O2. The van der Waals surface area contributed by atoms with Crippen LogP contribution in [-0.2, 0) is 10.2 Å². The number of aryl methyl sites for hydroxylation is 1. The molecule has 0 aromatic heterocycles. The van der Waals surface area contributed by atoms with Gasteiger partial charge in [0.05, 0.1) is 12.2 Å². The molecule has 0 spiro atoms. The van der Waals surface area contributed by atoms with Crippen molar-refractivity contribution >= 4 is 23.0 Å². The first-order valence-corrected chi connectivity index (χ1v) is 12.2. The lowest BCUT2D eigenvalue weighted by Gasteiger charge is -2.43. The summed E-state index contributed by atoms with van der Waals surface area (Å²) in [7, 11) is 0. The van der Waals surface area contributed by atoms with Crippen molar-refractivity contribution in [2.45, 2.75) is 72.3 Å². The van der Waals surface area contributed by atoms with Gasteiger partial charge in [0.2, 0.25) is 0 Å². The summed E-state index contributed by atoms with van der Waals surface area (Å²) in [5, 5.41) is 0. The normalized spacial score (nSPS) is 17.3. The molecule has 0 bridgehead atoms. The largest absolute Gasteiger partial charge is 0.462 e. The SMILES string of the molecule is CCOC(=O)c1ccc(N(CC2CC2)c2cc3c(cc2C)N(C(C)C)CCC3(C)C)cc1. The maximum atomic E-state index is 12.1. The van der Waals surface area contributed by atoms with Crippen molar-refractivity contribution < 1.29 is 9.53 Å². The van der Waals surface area contributed by atoms with Gasteiger partial charge in [-0.25, -0.2) is 4.79 Å². The van der Waals surface area contributed by atoms with Crippen molar-refractivity contribution in [3.05, 3.63) is 53.1 Å². The standard InChI is InChI=1S/C28H38N2O2/c1-7-32-27(31)22-10-12-23(13-11-22)30(18-21-8-9-21)25-17-24-26(16-20(25)4)29(19(2)3)15-14-28(24,5)6/h10-13,16-17,19,21H,7-9,14-15,18H2,1-6H3. The number of hydrogen-bond acceptors (Lipinski definition) is 4. The van der Waals surface area contributed by atoms with Gasteiger partial charge >= 0.3 is 5.97 Å². The van der Waals surface area contributed by atoms with E-state index in [9.17, 15) is 4.79 Å². The molecule has 0 N–H and O–H groups in total. The van der Waals surface area contributed by atoms with Gasteiger partial charge in [0.25, 0.3) is 0 Å². The predicted molar refractivity (Wildman–Crippen MR) is 133 cm³/mol. The molecular weight excluding hydrogens is 396 g/mol. The van der Waals surface area contributed by atoms with Gasteiger partial charge in [0.1, 0.15) is 0 Å². The van der Waals surface area contributed by atoms with Crippen LogP contribution in [0.25, 0.3) is 0 Å². The third kappa shape index (κ3) is 4.51. The molecule has 0 atom stereocenters. The highest BCUT2D eigenvalue weighted by Crippen LogP contribution is 2.45. The van der Waals surface area contributed by atoms with Crippen LogP contribution >= 0.6 is 0 Å². The topological polar surface area (TPSA) is 32.8 Å². The van der Waals surface area contributed by atoms with Crippen LogP contribution in [0, 0.1) is 12.8 Å². The third-order valence-electron chi connectivity index (χ3n) is 7.07. The van der Waals surface area contributed by atoms with Gasteiger partial charge in [-0.05, 0) is 106 Å². The Morgan fingerprint density at radius 1 is 1.19 bits per heavy atom. The van der Waals surface area contributed by atoms with E-state index in [1.807, 2.05) is 19.1 Å². The monoisotopic (exact) mass is 434 g/mol. The van der Waals surface area contributed by atoms with Crippen LogP contribution in [0.15, 0.2) is 36.4 Å². The minimum Gasteiger partial charge on any atom is -0.462 e. The van der Waals surface area contributed by atoms with Crippen LogP contribution in [0.1, 0.15) is 75.4 Å². The summed E-state index contributed by atoms with van der Waals surface area (Å²) < 4.78 is 5.16. The molecule has 1 saturated carbocycles. The fourth-order valence-electron chi connectivity index (χ4n) is 4.84. The summed E-state index contributed by atoms with van der Waals surface area (Å²) in [6.07, 6.45) is 3.76. The number of carbonyl (C=O) groups is 1. The zero-order chi connectivity index (χ0) is 23.0. The van der Waals surface area contributed by atoms with Gasteiger partial charge in [-0.2, -0.15) is 0 Å². The number of rotatable bonds is 7. The Balaban J connectivity index is 1.75. The van der Waals surface area contributed by atoms with Crippen LogP contribution in [-0.4, -0.2) is 31.7 Å². The zero-order valence-electron chi connectivity index (χ0n) is 20.6. The number of ether oxygens (including phenoxy) is 1. The summed E-state index contributed by atoms with van der Waals surface area (Å²) in [6, 6.07) is 13.3. The van der Waals surface area contributed by atoms with E-state index in [2.05, 4.69) is 68.7 Å². The van der Waals surface area contributed by atoms with Crippen molar-refractivity contribution in [3.8, 4) is 0 Å². The number of carbonyl (C=O) groups excluding carboxylic acids is 1. The lowest BCUT2D eigenvalue weighted by atomic mass is 9.76. The molecule has 4 nitrogen and oxygen atoms in total. The highest BCUT2D eigenvalue weighted by molar-refractivity contribution is 5.90. The van der Waals surface area contributed by atoms with Gasteiger partial charge < -0.3 is 14.5 Å². The zero-order valence-corrected chi connectivity index (χ0v) is 20.6. The maximum absolute atomic E-state index is 12.1. The van der Waals surface area contributed by atoms with Crippen molar-refractivity contribution in [2.75, 3.05) is 29.5 Å². The quantitative estimate of drug-likeness (QED) is 0.459. The Morgan fingerprint density at radius 3 is 2.47 bits per heavy atom. The van der Waals surface area contributed by atoms with E-state index in [1.54, 1.807) is 0 Å². The van der Waals surface area contributed by atoms with Crippen molar-refractivity contribution in [3.63, 3.8) is 0 Å². The molecule has 172 valence electrons. The van der Waals surface area contributed by atoms with E-state index in [0.717, 1.165) is 31.1 Å². The van der Waals surface area contributed by atoms with E-state index in [1.165, 1.54) is 35.3 Å². The second-order valence-corrected chi connectivity index (χ2v) is 10.4. The Kier molecular flexibility index (Phi) is 6.24. The molecule has 1 aliphatic carbocycles. The maximum Gasteiger partial charge on any atom is 0.338 e. The Bertz CT molecular complexity index is 974. The predicted octanol–water partition coefficient (Wildman–Crippen LogP) is 6.62. The molecule has 1 fully saturated rings. The summed E-state index contributed by atoms with van der Waals surface area (Å²) in [4.78, 5) is 17.1. The first kappa shape index (κ1) is 22.7. The average Bonchev–Trinajstić information content (AvgIpc) is 3.56. The van der Waals surface area contributed by atoms with Crippen LogP contribution in [0.3, 0.4) is 0 Å². The summed E-state index contributed by atoms with van der Waals surface area (Å²) >= 11 is 0. The van der Waals surface area contributed by atoms with E-state index in [0.29, 0.717) is 18.2 Å². The molecule has 0 unspecified atom stereocenters. The minimum atomic E-state index is -0.256. The molecule has 0 amide bonds. The molecule has 0 saturated heterocycles. The number of nitrogens with zero attached hydrogens (tertiary/aromatic N) is 2. The van der Waals surface area contributed by atoms with E-state index >= 15 is 0 Å². The molecule has 4 heteroatoms. The molecule has 1 aliphatic heterocycles. The first-order chi connectivity index (χ1) is 15.2.